The molecule has 3 heterocycles. The number of rotatable bonds is 5. The van der Waals surface area contributed by atoms with Gasteiger partial charge >= 0.3 is 0 Å². The highest BCUT2D eigenvalue weighted by molar-refractivity contribution is 7.91. The van der Waals surface area contributed by atoms with E-state index in [9.17, 15) is 13.2 Å². The van der Waals surface area contributed by atoms with Crippen LogP contribution in [-0.4, -0.2) is 71.6 Å². The number of aryl methyl sites for hydroxylation is 1. The van der Waals surface area contributed by atoms with E-state index in [0.717, 1.165) is 30.0 Å². The molecule has 0 radical (unpaired) electrons. The predicted molar refractivity (Wildman–Crippen MR) is 114 cm³/mol. The van der Waals surface area contributed by atoms with E-state index >= 15 is 0 Å². The van der Waals surface area contributed by atoms with Gasteiger partial charge in [-0.15, -0.1) is 0 Å². The number of carbonyl (C=O) groups excluding carboxylic acids is 1. The zero-order valence-corrected chi connectivity index (χ0v) is 19.5. The topological polar surface area (TPSA) is 75.5 Å². The lowest BCUT2D eigenvalue weighted by Crippen LogP contribution is -2.50. The monoisotopic (exact) mass is 424 g/mol. The number of hydrogen-bond donors (Lipinski definition) is 0. The van der Waals surface area contributed by atoms with Crippen LogP contribution < -0.4 is 0 Å². The Hall–Kier alpha value is -1.41. The average Bonchev–Trinajstić information content (AvgIpc) is 3.12. The van der Waals surface area contributed by atoms with E-state index in [1.54, 1.807) is 0 Å². The third-order valence-corrected chi connectivity index (χ3v) is 8.39. The first-order chi connectivity index (χ1) is 13.5. The molecule has 0 aliphatic carbocycles. The quantitative estimate of drug-likeness (QED) is 0.724. The molecule has 8 heteroatoms. The minimum atomic E-state index is -2.95. The number of nitrogens with zero attached hydrogens (tertiary/aromatic N) is 4. The summed E-state index contributed by atoms with van der Waals surface area (Å²) in [5.74, 6) is 1.69. The molecule has 164 valence electrons. The van der Waals surface area contributed by atoms with Crippen LogP contribution in [0.1, 0.15) is 56.6 Å². The number of carbonyl (C=O) groups is 1. The molecule has 0 aromatic carbocycles. The maximum atomic E-state index is 13.1. The van der Waals surface area contributed by atoms with Gasteiger partial charge in [0.25, 0.3) is 0 Å². The maximum Gasteiger partial charge on any atom is 0.239 e. The van der Waals surface area contributed by atoms with Gasteiger partial charge in [-0.25, -0.2) is 8.42 Å². The molecule has 0 unspecified atom stereocenters. The van der Waals surface area contributed by atoms with Gasteiger partial charge in [0, 0.05) is 30.9 Å². The van der Waals surface area contributed by atoms with Crippen molar-refractivity contribution in [2.75, 3.05) is 31.6 Å². The first kappa shape index (κ1) is 22.3. The molecule has 1 aromatic rings. The highest BCUT2D eigenvalue weighted by Gasteiger charge is 2.33. The number of amides is 1. The predicted octanol–water partition coefficient (Wildman–Crippen LogP) is 2.18. The Balaban J connectivity index is 1.70. The Kier molecular flexibility index (Phi) is 6.44. The van der Waals surface area contributed by atoms with Gasteiger partial charge in [-0.05, 0) is 52.5 Å². The Labute approximate surface area is 175 Å². The van der Waals surface area contributed by atoms with E-state index < -0.39 is 9.84 Å². The largest absolute Gasteiger partial charge is 0.341 e. The van der Waals surface area contributed by atoms with E-state index in [2.05, 4.69) is 23.8 Å². The lowest BCUT2D eigenvalue weighted by molar-refractivity contribution is -0.138. The van der Waals surface area contributed by atoms with Crippen molar-refractivity contribution in [3.63, 3.8) is 0 Å². The second kappa shape index (κ2) is 8.38. The standard InChI is InChI=1S/C21H36N4O3S/c1-14-9-15(2)11-24(10-14)21(26)18(5)23(6)12-20-16(3)22-25(17(20)4)19-7-8-29(27,28)13-19/h14-15,18-19H,7-13H2,1-6H3/t14-,15+,18-,19+/m0/s1. The molecule has 0 spiro atoms. The Morgan fingerprint density at radius 3 is 2.41 bits per heavy atom. The molecule has 1 amide bonds. The zero-order valence-electron chi connectivity index (χ0n) is 18.7. The first-order valence-electron chi connectivity index (χ1n) is 10.7. The number of hydrogen-bond acceptors (Lipinski definition) is 5. The van der Waals surface area contributed by atoms with Gasteiger partial charge in [0.05, 0.1) is 29.3 Å². The van der Waals surface area contributed by atoms with E-state index in [1.165, 1.54) is 6.42 Å². The van der Waals surface area contributed by atoms with Crippen LogP contribution >= 0.6 is 0 Å². The summed E-state index contributed by atoms with van der Waals surface area (Å²) in [6.45, 7) is 12.7. The fourth-order valence-electron chi connectivity index (χ4n) is 4.93. The summed E-state index contributed by atoms with van der Waals surface area (Å²) in [7, 11) is -0.973. The Morgan fingerprint density at radius 2 is 1.86 bits per heavy atom. The molecule has 0 saturated carbocycles. The van der Waals surface area contributed by atoms with Gasteiger partial charge in [0.1, 0.15) is 0 Å². The van der Waals surface area contributed by atoms with E-state index in [4.69, 9.17) is 0 Å². The number of likely N-dealkylation sites (tertiary alicyclic amines) is 1. The molecule has 29 heavy (non-hydrogen) atoms. The molecule has 2 aliphatic rings. The molecule has 4 atom stereocenters. The van der Waals surface area contributed by atoms with Crippen LogP contribution in [0.4, 0.5) is 0 Å². The fraction of sp³-hybridized carbons (Fsp3) is 0.810. The van der Waals surface area contributed by atoms with E-state index in [-0.39, 0.29) is 29.5 Å². The van der Waals surface area contributed by atoms with Gasteiger partial charge in [-0.2, -0.15) is 5.10 Å². The van der Waals surface area contributed by atoms with Crippen LogP contribution in [0, 0.1) is 25.7 Å². The van der Waals surface area contributed by atoms with Crippen LogP contribution in [0.25, 0.3) is 0 Å². The lowest BCUT2D eigenvalue weighted by atomic mass is 9.91. The second-order valence-electron chi connectivity index (χ2n) is 9.43. The first-order valence-corrected chi connectivity index (χ1v) is 12.5. The van der Waals surface area contributed by atoms with Crippen LogP contribution in [0.2, 0.25) is 0 Å². The molecule has 2 fully saturated rings. The van der Waals surface area contributed by atoms with Crippen LogP contribution in [0.3, 0.4) is 0 Å². The average molecular weight is 425 g/mol. The zero-order chi connectivity index (χ0) is 21.5. The normalized spacial score (nSPS) is 28.1. The summed E-state index contributed by atoms with van der Waals surface area (Å²) in [6.07, 6.45) is 1.81. The van der Waals surface area contributed by atoms with Crippen molar-refractivity contribution in [1.82, 2.24) is 19.6 Å². The summed E-state index contributed by atoms with van der Waals surface area (Å²) in [5.41, 5.74) is 3.02. The van der Waals surface area contributed by atoms with Crippen molar-refractivity contribution in [3.05, 3.63) is 17.0 Å². The van der Waals surface area contributed by atoms with E-state index in [0.29, 0.717) is 24.8 Å². The molecule has 3 rings (SSSR count). The number of piperidine rings is 1. The van der Waals surface area contributed by atoms with Crippen molar-refractivity contribution < 1.29 is 13.2 Å². The second-order valence-corrected chi connectivity index (χ2v) is 11.7. The minimum Gasteiger partial charge on any atom is -0.341 e. The SMILES string of the molecule is Cc1nn([C@@H]2CCS(=O)(=O)C2)c(C)c1CN(C)[C@@H](C)C(=O)N1C[C@H](C)C[C@H](C)C1. The van der Waals surface area contributed by atoms with Crippen molar-refractivity contribution >= 4 is 15.7 Å². The molecule has 7 nitrogen and oxygen atoms in total. The highest BCUT2D eigenvalue weighted by atomic mass is 32.2. The van der Waals surface area contributed by atoms with Gasteiger partial charge < -0.3 is 4.90 Å². The third kappa shape index (κ3) is 4.85. The summed E-state index contributed by atoms with van der Waals surface area (Å²) in [5, 5.41) is 4.65. The van der Waals surface area contributed by atoms with Gasteiger partial charge in [-0.1, -0.05) is 13.8 Å². The van der Waals surface area contributed by atoms with Crippen LogP contribution in [0.5, 0.6) is 0 Å². The Morgan fingerprint density at radius 1 is 1.24 bits per heavy atom. The smallest absolute Gasteiger partial charge is 0.239 e. The minimum absolute atomic E-state index is 0.0758. The summed E-state index contributed by atoms with van der Waals surface area (Å²) in [6, 6.07) is -0.283. The van der Waals surface area contributed by atoms with Crippen molar-refractivity contribution in [1.29, 1.82) is 0 Å². The van der Waals surface area contributed by atoms with E-state index in [1.807, 2.05) is 37.4 Å². The molecule has 2 aliphatic heterocycles. The van der Waals surface area contributed by atoms with Crippen LogP contribution in [-0.2, 0) is 21.2 Å². The van der Waals surface area contributed by atoms with Gasteiger partial charge in [0.2, 0.25) is 5.91 Å². The highest BCUT2D eigenvalue weighted by Crippen LogP contribution is 2.28. The molecule has 0 N–H and O–H groups in total. The van der Waals surface area contributed by atoms with Gasteiger partial charge in [-0.3, -0.25) is 14.4 Å². The molecular weight excluding hydrogens is 388 g/mol. The summed E-state index contributed by atoms with van der Waals surface area (Å²) < 4.78 is 25.6. The maximum absolute atomic E-state index is 13.1. The molecular formula is C21H36N4O3S. The fourth-order valence-corrected chi connectivity index (χ4v) is 6.62. The number of aromatic nitrogens is 2. The summed E-state index contributed by atoms with van der Waals surface area (Å²) in [4.78, 5) is 17.2. The third-order valence-electron chi connectivity index (χ3n) is 6.64. The van der Waals surface area contributed by atoms with Gasteiger partial charge in [0.15, 0.2) is 9.84 Å². The number of sulfone groups is 1. The van der Waals surface area contributed by atoms with Crippen molar-refractivity contribution in [2.45, 2.75) is 66.1 Å². The number of likely N-dealkylation sites (N-methyl/N-ethyl adjacent to an activating group) is 1. The molecule has 2 saturated heterocycles. The molecule has 1 aromatic heterocycles. The lowest BCUT2D eigenvalue weighted by Gasteiger charge is -2.38. The van der Waals surface area contributed by atoms with Crippen molar-refractivity contribution in [2.24, 2.45) is 11.8 Å². The van der Waals surface area contributed by atoms with Crippen LogP contribution in [0.15, 0.2) is 0 Å². The van der Waals surface area contributed by atoms with Crippen molar-refractivity contribution in [3.8, 4) is 0 Å². The molecule has 0 bridgehead atoms. The summed E-state index contributed by atoms with van der Waals surface area (Å²) >= 11 is 0. The Bertz CT molecular complexity index is 854.